The predicted molar refractivity (Wildman–Crippen MR) is 129 cm³/mol. The van der Waals surface area contributed by atoms with E-state index in [-0.39, 0.29) is 23.9 Å². The van der Waals surface area contributed by atoms with Crippen molar-refractivity contribution in [3.8, 4) is 0 Å². The highest BCUT2D eigenvalue weighted by Gasteiger charge is 2.27. The van der Waals surface area contributed by atoms with E-state index in [1.807, 2.05) is 38.1 Å². The van der Waals surface area contributed by atoms with Crippen LogP contribution in [0.4, 0.5) is 11.4 Å². The normalized spacial score (nSPS) is 11.3. The molecule has 0 saturated carbocycles. The van der Waals surface area contributed by atoms with E-state index in [9.17, 15) is 18.0 Å². The van der Waals surface area contributed by atoms with E-state index in [1.54, 1.807) is 48.5 Å². The molecule has 8 heteroatoms. The van der Waals surface area contributed by atoms with Crippen molar-refractivity contribution in [2.45, 2.75) is 32.2 Å². The number of nitrogens with zero attached hydrogens (tertiary/aromatic N) is 1. The van der Waals surface area contributed by atoms with E-state index in [2.05, 4.69) is 10.6 Å². The second-order valence-electron chi connectivity index (χ2n) is 7.89. The van der Waals surface area contributed by atoms with Gasteiger partial charge in [0.25, 0.3) is 0 Å². The number of rotatable bonds is 8. The van der Waals surface area contributed by atoms with Crippen LogP contribution < -0.4 is 10.6 Å². The first-order chi connectivity index (χ1) is 15.6. The SMILES string of the molecule is CC(=O)Nc1cccc(NC(=O)CN(Cc2cccc(C)c2)S(=O)(=O)c2ccc(C)cc2)c1. The molecule has 2 amide bonds. The number of hydrogen-bond donors (Lipinski definition) is 2. The Morgan fingerprint density at radius 3 is 2.09 bits per heavy atom. The van der Waals surface area contributed by atoms with Gasteiger partial charge in [0.05, 0.1) is 11.4 Å². The third kappa shape index (κ3) is 6.74. The van der Waals surface area contributed by atoms with Crippen LogP contribution in [0.2, 0.25) is 0 Å². The average molecular weight is 466 g/mol. The Morgan fingerprint density at radius 2 is 1.45 bits per heavy atom. The molecular weight excluding hydrogens is 438 g/mol. The molecule has 3 rings (SSSR count). The molecule has 0 fully saturated rings. The first-order valence-corrected chi connectivity index (χ1v) is 11.9. The summed E-state index contributed by atoms with van der Waals surface area (Å²) in [5.41, 5.74) is 3.71. The van der Waals surface area contributed by atoms with Gasteiger partial charge in [-0.3, -0.25) is 9.59 Å². The number of nitrogens with one attached hydrogen (secondary N) is 2. The molecule has 3 aromatic carbocycles. The van der Waals surface area contributed by atoms with Crippen molar-refractivity contribution in [1.29, 1.82) is 0 Å². The van der Waals surface area contributed by atoms with E-state index >= 15 is 0 Å². The fraction of sp³-hybridized carbons (Fsp3) is 0.200. The van der Waals surface area contributed by atoms with Crippen molar-refractivity contribution in [1.82, 2.24) is 4.31 Å². The van der Waals surface area contributed by atoms with Gasteiger partial charge in [0.1, 0.15) is 0 Å². The van der Waals surface area contributed by atoms with Gasteiger partial charge >= 0.3 is 0 Å². The van der Waals surface area contributed by atoms with E-state index < -0.39 is 15.9 Å². The second-order valence-corrected chi connectivity index (χ2v) is 9.82. The minimum Gasteiger partial charge on any atom is -0.326 e. The maximum absolute atomic E-state index is 13.4. The van der Waals surface area contributed by atoms with Crippen molar-refractivity contribution in [2.75, 3.05) is 17.2 Å². The van der Waals surface area contributed by atoms with Crippen LogP contribution in [0.3, 0.4) is 0 Å². The Hall–Kier alpha value is -3.49. The largest absolute Gasteiger partial charge is 0.326 e. The second kappa shape index (κ2) is 10.4. The lowest BCUT2D eigenvalue weighted by Gasteiger charge is -2.22. The number of carbonyl (C=O) groups excluding carboxylic acids is 2. The molecule has 0 spiro atoms. The molecule has 2 N–H and O–H groups in total. The van der Waals surface area contributed by atoms with Gasteiger partial charge in [0.15, 0.2) is 0 Å². The van der Waals surface area contributed by atoms with Gasteiger partial charge in [-0.05, 0) is 49.7 Å². The Kier molecular flexibility index (Phi) is 7.63. The Morgan fingerprint density at radius 1 is 0.818 bits per heavy atom. The third-order valence-electron chi connectivity index (χ3n) is 4.89. The van der Waals surface area contributed by atoms with Crippen molar-refractivity contribution in [3.05, 3.63) is 89.5 Å². The van der Waals surface area contributed by atoms with Crippen LogP contribution in [-0.4, -0.2) is 31.1 Å². The standard InChI is InChI=1S/C25H27N3O4S/c1-18-10-12-24(13-11-18)33(31,32)28(16-21-7-4-6-19(2)14-21)17-25(30)27-23-9-5-8-22(15-23)26-20(3)29/h4-15H,16-17H2,1-3H3,(H,26,29)(H,27,30). The minimum absolute atomic E-state index is 0.0528. The maximum Gasteiger partial charge on any atom is 0.243 e. The molecule has 0 aromatic heterocycles. The number of benzene rings is 3. The van der Waals surface area contributed by atoms with Crippen LogP contribution in [0.15, 0.2) is 77.7 Å². The smallest absolute Gasteiger partial charge is 0.243 e. The van der Waals surface area contributed by atoms with Gasteiger partial charge < -0.3 is 10.6 Å². The molecule has 0 aliphatic heterocycles. The van der Waals surface area contributed by atoms with E-state index in [4.69, 9.17) is 0 Å². The number of sulfonamides is 1. The lowest BCUT2D eigenvalue weighted by molar-refractivity contribution is -0.116. The maximum atomic E-state index is 13.4. The van der Waals surface area contributed by atoms with Gasteiger partial charge in [-0.15, -0.1) is 0 Å². The molecule has 33 heavy (non-hydrogen) atoms. The summed E-state index contributed by atoms with van der Waals surface area (Å²) in [7, 11) is -3.92. The predicted octanol–water partition coefficient (Wildman–Crippen LogP) is 4.09. The molecule has 0 saturated heterocycles. The number of amides is 2. The van der Waals surface area contributed by atoms with E-state index in [1.165, 1.54) is 11.2 Å². The number of hydrogen-bond acceptors (Lipinski definition) is 4. The van der Waals surface area contributed by atoms with Crippen LogP contribution in [-0.2, 0) is 26.2 Å². The first-order valence-electron chi connectivity index (χ1n) is 10.4. The van der Waals surface area contributed by atoms with Gasteiger partial charge in [-0.25, -0.2) is 8.42 Å². The topological polar surface area (TPSA) is 95.6 Å². The summed E-state index contributed by atoms with van der Waals surface area (Å²) in [6.07, 6.45) is 0. The zero-order valence-electron chi connectivity index (χ0n) is 18.8. The Bertz CT molecular complexity index is 1250. The fourth-order valence-electron chi connectivity index (χ4n) is 3.34. The molecule has 0 aliphatic carbocycles. The quantitative estimate of drug-likeness (QED) is 0.524. The van der Waals surface area contributed by atoms with Crippen LogP contribution in [0.5, 0.6) is 0 Å². The highest BCUT2D eigenvalue weighted by Crippen LogP contribution is 2.20. The molecular formula is C25H27N3O4S. The minimum atomic E-state index is -3.92. The monoisotopic (exact) mass is 465 g/mol. The average Bonchev–Trinajstić information content (AvgIpc) is 2.73. The van der Waals surface area contributed by atoms with Gasteiger partial charge in [-0.2, -0.15) is 4.31 Å². The summed E-state index contributed by atoms with van der Waals surface area (Å²) >= 11 is 0. The zero-order valence-corrected chi connectivity index (χ0v) is 19.6. The molecule has 0 bridgehead atoms. The van der Waals surface area contributed by atoms with E-state index in [0.29, 0.717) is 11.4 Å². The van der Waals surface area contributed by atoms with Crippen molar-refractivity contribution in [3.63, 3.8) is 0 Å². The number of carbonyl (C=O) groups is 2. The molecule has 0 heterocycles. The van der Waals surface area contributed by atoms with Gasteiger partial charge in [0, 0.05) is 24.8 Å². The van der Waals surface area contributed by atoms with Crippen LogP contribution in [0.25, 0.3) is 0 Å². The van der Waals surface area contributed by atoms with Gasteiger partial charge in [-0.1, -0.05) is 53.6 Å². The molecule has 7 nitrogen and oxygen atoms in total. The fourth-order valence-corrected chi connectivity index (χ4v) is 4.72. The highest BCUT2D eigenvalue weighted by atomic mass is 32.2. The van der Waals surface area contributed by atoms with Crippen molar-refractivity contribution < 1.29 is 18.0 Å². The summed E-state index contributed by atoms with van der Waals surface area (Å²) in [5, 5.41) is 5.37. The number of aryl methyl sites for hydroxylation is 2. The summed E-state index contributed by atoms with van der Waals surface area (Å²) in [6, 6.07) is 20.7. The zero-order chi connectivity index (χ0) is 24.0. The highest BCUT2D eigenvalue weighted by molar-refractivity contribution is 7.89. The molecule has 3 aromatic rings. The third-order valence-corrected chi connectivity index (χ3v) is 6.69. The van der Waals surface area contributed by atoms with Crippen LogP contribution >= 0.6 is 0 Å². The summed E-state index contributed by atoms with van der Waals surface area (Å²) < 4.78 is 28.0. The molecule has 0 atom stereocenters. The van der Waals surface area contributed by atoms with Crippen molar-refractivity contribution in [2.24, 2.45) is 0 Å². The molecule has 0 radical (unpaired) electrons. The molecule has 172 valence electrons. The first kappa shape index (κ1) is 24.2. The summed E-state index contributed by atoms with van der Waals surface area (Å²) in [5.74, 6) is -0.717. The van der Waals surface area contributed by atoms with Gasteiger partial charge in [0.2, 0.25) is 21.8 Å². The lowest BCUT2D eigenvalue weighted by Crippen LogP contribution is -2.37. The molecule has 0 unspecified atom stereocenters. The Labute approximate surface area is 194 Å². The van der Waals surface area contributed by atoms with Crippen molar-refractivity contribution >= 4 is 33.2 Å². The van der Waals surface area contributed by atoms with Crippen LogP contribution in [0, 0.1) is 13.8 Å². The summed E-state index contributed by atoms with van der Waals surface area (Å²) in [4.78, 5) is 24.3. The number of anilines is 2. The van der Waals surface area contributed by atoms with Crippen LogP contribution in [0.1, 0.15) is 23.6 Å². The lowest BCUT2D eigenvalue weighted by atomic mass is 10.1. The molecule has 0 aliphatic rings. The summed E-state index contributed by atoms with van der Waals surface area (Å²) in [6.45, 7) is 4.89. The Balaban J connectivity index is 1.85. The van der Waals surface area contributed by atoms with E-state index in [0.717, 1.165) is 16.7 Å².